The zero-order valence-electron chi connectivity index (χ0n) is 41.4. The van der Waals surface area contributed by atoms with Gasteiger partial charge in [-0.05, 0) is 73.9 Å². The molecule has 350 valence electrons. The van der Waals surface area contributed by atoms with E-state index < -0.39 is 20.8 Å². The van der Waals surface area contributed by atoms with Crippen LogP contribution in [0.25, 0.3) is 77.2 Å². The average Bonchev–Trinajstić information content (AvgIpc) is 4.10. The van der Waals surface area contributed by atoms with E-state index in [1.54, 1.807) is 0 Å². The topological polar surface area (TPSA) is 0 Å². The number of hydrogen-bond acceptors (Lipinski definition) is 0. The Labute approximate surface area is 439 Å². The molecule has 1 aliphatic heterocycles. The number of unbranched alkanes of at least 4 members (excludes halogenated alkanes) is 2. The summed E-state index contributed by atoms with van der Waals surface area (Å²) in [6.45, 7) is 13.3. The summed E-state index contributed by atoms with van der Waals surface area (Å²) in [6.07, 6.45) is 7.30. The molecule has 0 saturated heterocycles. The molecule has 0 aromatic heterocycles. The average molecular weight is 1040 g/mol. The van der Waals surface area contributed by atoms with Crippen LogP contribution in [0.15, 0.2) is 188 Å². The Kier molecular flexibility index (Phi) is 18.0. The fraction of sp³-hybridized carbons (Fsp3) is 0.182. The van der Waals surface area contributed by atoms with E-state index in [0.717, 1.165) is 22.4 Å². The predicted molar refractivity (Wildman–Crippen MR) is 304 cm³/mol. The molecular weight excluding hydrogens is 983 g/mol. The van der Waals surface area contributed by atoms with Crippen LogP contribution in [0, 0.1) is 33.8 Å². The Balaban J connectivity index is 0.000000144. The van der Waals surface area contributed by atoms with E-state index in [4.69, 9.17) is 17.0 Å². The number of benzene rings is 8. The smallest absolute Gasteiger partial charge is 0.0920 e. The fourth-order valence-electron chi connectivity index (χ4n) is 10.0. The van der Waals surface area contributed by atoms with Crippen LogP contribution in [-0.2, 0) is 33.7 Å². The van der Waals surface area contributed by atoms with Gasteiger partial charge < -0.3 is 0 Å². The molecular formula is C66H61Cl2SiZr-3. The van der Waals surface area contributed by atoms with Gasteiger partial charge in [0.1, 0.15) is 0 Å². The van der Waals surface area contributed by atoms with E-state index >= 15 is 0 Å². The van der Waals surface area contributed by atoms with Crippen molar-refractivity contribution in [3.05, 3.63) is 228 Å². The van der Waals surface area contributed by atoms with Crippen LogP contribution in [0.2, 0.25) is 0 Å². The van der Waals surface area contributed by atoms with Gasteiger partial charge in [0, 0.05) is 0 Å². The first-order chi connectivity index (χ1) is 34.2. The molecule has 1 aliphatic rings. The molecule has 0 fully saturated rings. The van der Waals surface area contributed by atoms with Gasteiger partial charge in [-0.1, -0.05) is 217 Å². The van der Waals surface area contributed by atoms with Crippen LogP contribution in [0.5, 0.6) is 0 Å². The molecule has 1 heterocycles. The number of aryl methyl sites for hydroxylation is 6. The standard InChI is InChI=1S/2C27H27.C12H7Si.2ClH.Zr/c2*1-4-5-9-21-17-23-12-13-25(22-10-7-6-8-11-22)27(26(23)18-21)24-15-19(2)14-20(3)16-24;1-3-7-11-9(5-1)10-6-2-4-8-12(10)13-11;;;/h2*6-8,10-18H,4-5,9H2,1-3H3;1-7H;2*1H;/q3*-1;;;+2/p-2. The van der Waals surface area contributed by atoms with Crippen molar-refractivity contribution in [1.82, 2.24) is 0 Å². The number of halogens is 2. The van der Waals surface area contributed by atoms with E-state index in [0.29, 0.717) is 0 Å². The molecule has 10 aromatic rings. The Morgan fingerprint density at radius 1 is 0.457 bits per heavy atom. The number of fused-ring (bicyclic) bond motifs is 5. The molecule has 0 aliphatic carbocycles. The van der Waals surface area contributed by atoms with E-state index in [1.165, 1.54) is 147 Å². The van der Waals surface area contributed by atoms with Crippen molar-refractivity contribution in [2.45, 2.75) is 80.1 Å². The van der Waals surface area contributed by atoms with E-state index in [1.807, 2.05) is 6.07 Å². The Hall–Kier alpha value is -5.34. The zero-order chi connectivity index (χ0) is 49.0. The molecule has 0 atom stereocenters. The molecule has 10 aromatic carbocycles. The molecule has 0 spiro atoms. The summed E-state index contributed by atoms with van der Waals surface area (Å²) in [6, 6.07) is 72.3. The van der Waals surface area contributed by atoms with Crippen LogP contribution < -0.4 is 10.4 Å². The van der Waals surface area contributed by atoms with Crippen molar-refractivity contribution in [2.24, 2.45) is 0 Å². The Bertz CT molecular complexity index is 3040. The molecule has 0 bridgehead atoms. The predicted octanol–water partition coefficient (Wildman–Crippen LogP) is 18.2. The van der Waals surface area contributed by atoms with Crippen LogP contribution in [0.4, 0.5) is 0 Å². The summed E-state index contributed by atoms with van der Waals surface area (Å²) in [5.41, 5.74) is 21.6. The van der Waals surface area contributed by atoms with Crippen molar-refractivity contribution in [1.29, 1.82) is 0 Å². The normalized spacial score (nSPS) is 11.1. The first-order valence-corrected chi connectivity index (χ1v) is 32.1. The minimum atomic E-state index is -0.826. The second-order valence-electron chi connectivity index (χ2n) is 18.6. The third-order valence-corrected chi connectivity index (χ3v) is 14.4. The molecule has 0 amide bonds. The SMILES string of the molecule is CCCCc1cc2c(-c3cc(C)cc(C)c3)c(-c3ccccc3)ccc2[cH-]1.CCCCc1cc2c(-c3cc(C)cc(C)c3)c(-c3ccccc3)ccc2[cH-]1.[Cl][Zr][Cl].[c-]1cccc2c1[Si]c1ccccc1-2. The third-order valence-electron chi connectivity index (χ3n) is 13.1. The van der Waals surface area contributed by atoms with Crippen molar-refractivity contribution in [3.63, 3.8) is 0 Å². The molecule has 0 nitrogen and oxygen atoms in total. The first kappa shape index (κ1) is 51.0. The molecule has 0 saturated carbocycles. The van der Waals surface area contributed by atoms with Gasteiger partial charge in [-0.3, -0.25) is 0 Å². The van der Waals surface area contributed by atoms with Gasteiger partial charge in [0.15, 0.2) is 0 Å². The number of hydrogen-bond donors (Lipinski definition) is 0. The second-order valence-corrected chi connectivity index (χ2v) is 23.6. The van der Waals surface area contributed by atoms with Crippen LogP contribution in [0.1, 0.15) is 72.9 Å². The summed E-state index contributed by atoms with van der Waals surface area (Å²) in [5.74, 6) is 0. The molecule has 0 unspecified atom stereocenters. The maximum absolute atomic E-state index is 4.93. The van der Waals surface area contributed by atoms with Crippen LogP contribution in [-0.4, -0.2) is 9.52 Å². The summed E-state index contributed by atoms with van der Waals surface area (Å²) >= 11 is -0.826. The van der Waals surface area contributed by atoms with Gasteiger partial charge in [0.2, 0.25) is 0 Å². The Morgan fingerprint density at radius 3 is 1.34 bits per heavy atom. The van der Waals surface area contributed by atoms with Gasteiger partial charge in [-0.25, -0.2) is 0 Å². The number of rotatable bonds is 10. The van der Waals surface area contributed by atoms with Crippen molar-refractivity contribution < 1.29 is 20.8 Å². The van der Waals surface area contributed by atoms with E-state index in [-0.39, 0.29) is 0 Å². The van der Waals surface area contributed by atoms with Crippen LogP contribution in [0.3, 0.4) is 0 Å². The first-order valence-electron chi connectivity index (χ1n) is 24.7. The Morgan fingerprint density at radius 2 is 0.886 bits per heavy atom. The summed E-state index contributed by atoms with van der Waals surface area (Å²) < 4.78 is 0. The monoisotopic (exact) mass is 1040 g/mol. The van der Waals surface area contributed by atoms with Crippen LogP contribution >= 0.6 is 17.0 Å². The quantitative estimate of drug-likeness (QED) is 0.0946. The van der Waals surface area contributed by atoms with E-state index in [9.17, 15) is 0 Å². The molecule has 70 heavy (non-hydrogen) atoms. The van der Waals surface area contributed by atoms with Gasteiger partial charge in [0.25, 0.3) is 0 Å². The summed E-state index contributed by atoms with van der Waals surface area (Å²) in [5, 5.41) is 8.30. The summed E-state index contributed by atoms with van der Waals surface area (Å²) in [7, 11) is 10.7. The molecule has 2 radical (unpaired) electrons. The second kappa shape index (κ2) is 24.7. The van der Waals surface area contributed by atoms with Crippen molar-refractivity contribution in [2.75, 3.05) is 0 Å². The molecule has 11 rings (SSSR count). The van der Waals surface area contributed by atoms with Gasteiger partial charge in [-0.2, -0.15) is 41.6 Å². The zero-order valence-corrected chi connectivity index (χ0v) is 46.4. The van der Waals surface area contributed by atoms with Gasteiger partial charge in [-0.15, -0.1) is 62.5 Å². The van der Waals surface area contributed by atoms with E-state index in [2.05, 4.69) is 230 Å². The van der Waals surface area contributed by atoms with Crippen molar-refractivity contribution >= 4 is 58.5 Å². The summed E-state index contributed by atoms with van der Waals surface area (Å²) in [4.78, 5) is 0. The fourth-order valence-corrected chi connectivity index (χ4v) is 11.4. The molecule has 0 N–H and O–H groups in total. The maximum atomic E-state index is 4.93. The van der Waals surface area contributed by atoms with Crippen molar-refractivity contribution in [3.8, 4) is 55.6 Å². The molecule has 4 heteroatoms. The largest absolute Gasteiger partial charge is 0.184 e. The van der Waals surface area contributed by atoms with Gasteiger partial charge in [0.05, 0.1) is 9.52 Å². The maximum Gasteiger partial charge on any atom is 0.0920 e. The minimum absolute atomic E-state index is 0.795. The third kappa shape index (κ3) is 12.4. The minimum Gasteiger partial charge on any atom is -0.184 e. The van der Waals surface area contributed by atoms with Gasteiger partial charge >= 0.3 is 37.9 Å².